The molecule has 0 fully saturated rings. The van der Waals surface area contributed by atoms with Crippen molar-refractivity contribution in [3.8, 4) is 0 Å². The van der Waals surface area contributed by atoms with Gasteiger partial charge in [0.2, 0.25) is 0 Å². The monoisotopic (exact) mass is 274 g/mol. The third-order valence-corrected chi connectivity index (χ3v) is 3.24. The largest absolute Gasteiger partial charge is 0.345 e. The smallest absolute Gasteiger partial charge is 0.253 e. The van der Waals surface area contributed by atoms with Gasteiger partial charge in [-0.15, -0.1) is 0 Å². The quantitative estimate of drug-likeness (QED) is 0.930. The summed E-state index contributed by atoms with van der Waals surface area (Å²) in [5.74, 6) is -0.153. The summed E-state index contributed by atoms with van der Waals surface area (Å²) >= 11 is 6.11. The number of pyridine rings is 1. The van der Waals surface area contributed by atoms with Crippen molar-refractivity contribution >= 4 is 17.5 Å². The number of hydrogen-bond donors (Lipinski definition) is 1. The van der Waals surface area contributed by atoms with Gasteiger partial charge in [0.15, 0.2) is 0 Å². The van der Waals surface area contributed by atoms with Gasteiger partial charge in [-0.05, 0) is 37.6 Å². The minimum Gasteiger partial charge on any atom is -0.345 e. The molecule has 2 rings (SSSR count). The molecule has 0 bridgehead atoms. The lowest BCUT2D eigenvalue weighted by Gasteiger charge is -2.15. The lowest BCUT2D eigenvalue weighted by Crippen LogP contribution is -2.26. The highest BCUT2D eigenvalue weighted by Crippen LogP contribution is 2.22. The van der Waals surface area contributed by atoms with Gasteiger partial charge in [0.25, 0.3) is 5.91 Å². The molecule has 0 aliphatic carbocycles. The van der Waals surface area contributed by atoms with Gasteiger partial charge in [0.05, 0.1) is 11.6 Å². The molecule has 0 saturated carbocycles. The average molecular weight is 275 g/mol. The fourth-order valence-electron chi connectivity index (χ4n) is 1.79. The van der Waals surface area contributed by atoms with Gasteiger partial charge < -0.3 is 5.32 Å². The molecule has 0 aliphatic rings. The highest BCUT2D eigenvalue weighted by molar-refractivity contribution is 6.31. The second kappa shape index (κ2) is 5.85. The predicted octanol–water partition coefficient (Wildman–Crippen LogP) is 3.53. The van der Waals surface area contributed by atoms with Gasteiger partial charge in [-0.2, -0.15) is 0 Å². The summed E-state index contributed by atoms with van der Waals surface area (Å²) in [7, 11) is 0. The number of rotatable bonds is 3. The third-order valence-electron chi connectivity index (χ3n) is 2.89. The third kappa shape index (κ3) is 3.32. The van der Waals surface area contributed by atoms with Crippen molar-refractivity contribution in [3.05, 3.63) is 64.4 Å². The Hall–Kier alpha value is -1.87. The van der Waals surface area contributed by atoms with Gasteiger partial charge in [-0.1, -0.05) is 29.8 Å². The summed E-state index contributed by atoms with van der Waals surface area (Å²) < 4.78 is 0. The lowest BCUT2D eigenvalue weighted by atomic mass is 10.1. The maximum atomic E-state index is 12.1. The molecule has 2 aromatic rings. The van der Waals surface area contributed by atoms with Crippen molar-refractivity contribution in [2.45, 2.75) is 19.9 Å². The van der Waals surface area contributed by atoms with Crippen LogP contribution in [0.25, 0.3) is 0 Å². The maximum Gasteiger partial charge on any atom is 0.253 e. The van der Waals surface area contributed by atoms with Crippen LogP contribution in [0.15, 0.2) is 42.6 Å². The molecule has 0 radical (unpaired) electrons. The van der Waals surface area contributed by atoms with Crippen LogP contribution in [-0.4, -0.2) is 10.9 Å². The number of nitrogens with one attached hydrogen (secondary N) is 1. The average Bonchev–Trinajstić information content (AvgIpc) is 2.39. The van der Waals surface area contributed by atoms with Crippen LogP contribution in [0.4, 0.5) is 0 Å². The summed E-state index contributed by atoms with van der Waals surface area (Å²) in [6.45, 7) is 3.79. The maximum absolute atomic E-state index is 12.1. The molecule has 1 aromatic heterocycles. The van der Waals surface area contributed by atoms with Gasteiger partial charge in [0.1, 0.15) is 0 Å². The zero-order valence-electron chi connectivity index (χ0n) is 10.9. The molecule has 0 unspecified atom stereocenters. The van der Waals surface area contributed by atoms with E-state index in [1.807, 2.05) is 44.2 Å². The topological polar surface area (TPSA) is 42.0 Å². The number of nitrogens with zero attached hydrogens (tertiary/aromatic N) is 1. The number of amides is 1. The Balaban J connectivity index is 2.11. The molecule has 1 aromatic carbocycles. The van der Waals surface area contributed by atoms with Crippen molar-refractivity contribution in [1.82, 2.24) is 10.3 Å². The van der Waals surface area contributed by atoms with E-state index in [2.05, 4.69) is 10.3 Å². The van der Waals surface area contributed by atoms with Crippen LogP contribution in [0, 0.1) is 6.92 Å². The van der Waals surface area contributed by atoms with Crippen LogP contribution in [0.5, 0.6) is 0 Å². The molecular weight excluding hydrogens is 260 g/mol. The molecule has 4 heteroatoms. The molecule has 1 amide bonds. The van der Waals surface area contributed by atoms with E-state index in [0.29, 0.717) is 10.6 Å². The van der Waals surface area contributed by atoms with Gasteiger partial charge in [-0.3, -0.25) is 9.78 Å². The Morgan fingerprint density at radius 3 is 2.63 bits per heavy atom. The van der Waals surface area contributed by atoms with E-state index in [1.165, 1.54) is 0 Å². The first-order valence-electron chi connectivity index (χ1n) is 6.06. The van der Waals surface area contributed by atoms with Crippen molar-refractivity contribution in [2.75, 3.05) is 0 Å². The van der Waals surface area contributed by atoms with E-state index in [4.69, 9.17) is 11.6 Å². The van der Waals surface area contributed by atoms with E-state index in [0.717, 1.165) is 11.3 Å². The van der Waals surface area contributed by atoms with Crippen molar-refractivity contribution in [1.29, 1.82) is 0 Å². The minimum absolute atomic E-state index is 0.150. The number of carbonyl (C=O) groups is 1. The molecule has 98 valence electrons. The van der Waals surface area contributed by atoms with Crippen LogP contribution < -0.4 is 5.32 Å². The molecule has 19 heavy (non-hydrogen) atoms. The van der Waals surface area contributed by atoms with E-state index < -0.39 is 0 Å². The Morgan fingerprint density at radius 1 is 1.26 bits per heavy atom. The predicted molar refractivity (Wildman–Crippen MR) is 76.3 cm³/mol. The Labute approximate surface area is 117 Å². The molecular formula is C15H15ClN2O. The highest BCUT2D eigenvalue weighted by Gasteiger charge is 2.13. The second-order valence-corrected chi connectivity index (χ2v) is 4.81. The van der Waals surface area contributed by atoms with E-state index in [-0.39, 0.29) is 11.9 Å². The van der Waals surface area contributed by atoms with Crippen molar-refractivity contribution in [3.63, 3.8) is 0 Å². The minimum atomic E-state index is -0.153. The molecule has 0 spiro atoms. The molecule has 1 N–H and O–H groups in total. The highest BCUT2D eigenvalue weighted by atomic mass is 35.5. The summed E-state index contributed by atoms with van der Waals surface area (Å²) in [5.41, 5.74) is 2.33. The number of aryl methyl sites for hydroxylation is 1. The van der Waals surface area contributed by atoms with Crippen molar-refractivity contribution < 1.29 is 4.79 Å². The molecule has 1 heterocycles. The number of benzene rings is 1. The molecule has 0 saturated heterocycles. The fourth-order valence-corrected chi connectivity index (χ4v) is 2.09. The number of aromatic nitrogens is 1. The van der Waals surface area contributed by atoms with Crippen LogP contribution in [0.3, 0.4) is 0 Å². The molecule has 3 nitrogen and oxygen atoms in total. The van der Waals surface area contributed by atoms with Crippen LogP contribution in [0.2, 0.25) is 5.02 Å². The zero-order chi connectivity index (χ0) is 13.8. The summed E-state index contributed by atoms with van der Waals surface area (Å²) in [5, 5.41) is 3.56. The Morgan fingerprint density at radius 2 is 2.00 bits per heavy atom. The van der Waals surface area contributed by atoms with Gasteiger partial charge >= 0.3 is 0 Å². The van der Waals surface area contributed by atoms with Crippen LogP contribution in [0.1, 0.15) is 34.6 Å². The van der Waals surface area contributed by atoms with Gasteiger partial charge in [-0.25, -0.2) is 0 Å². The second-order valence-electron chi connectivity index (χ2n) is 4.40. The van der Waals surface area contributed by atoms with Crippen LogP contribution >= 0.6 is 11.6 Å². The number of carbonyl (C=O) groups excluding carboxylic acids is 1. The van der Waals surface area contributed by atoms with Crippen molar-refractivity contribution in [2.24, 2.45) is 0 Å². The number of hydrogen-bond acceptors (Lipinski definition) is 2. The lowest BCUT2D eigenvalue weighted by molar-refractivity contribution is 0.0939. The first-order chi connectivity index (χ1) is 9.08. The Bertz CT molecular complexity index is 581. The van der Waals surface area contributed by atoms with E-state index in [9.17, 15) is 4.79 Å². The normalized spacial score (nSPS) is 11.9. The first-order valence-corrected chi connectivity index (χ1v) is 6.43. The van der Waals surface area contributed by atoms with E-state index in [1.54, 1.807) is 12.3 Å². The molecule has 1 atom stereocenters. The zero-order valence-corrected chi connectivity index (χ0v) is 11.6. The van der Waals surface area contributed by atoms with Crippen LogP contribution in [-0.2, 0) is 0 Å². The van der Waals surface area contributed by atoms with E-state index >= 15 is 0 Å². The fraction of sp³-hybridized carbons (Fsp3) is 0.200. The SMILES string of the molecule is Cc1ccc(C(=O)N[C@@H](C)c2ccccc2Cl)cn1. The molecule has 0 aliphatic heterocycles. The van der Waals surface area contributed by atoms with Gasteiger partial charge in [0, 0.05) is 16.9 Å². The standard InChI is InChI=1S/C15H15ClN2O/c1-10-7-8-12(9-17-10)15(19)18-11(2)13-5-3-4-6-14(13)16/h3-9,11H,1-2H3,(H,18,19)/t11-/m0/s1. The Kier molecular flexibility index (Phi) is 4.17. The number of halogens is 1. The first kappa shape index (κ1) is 13.6. The summed E-state index contributed by atoms with van der Waals surface area (Å²) in [6.07, 6.45) is 1.57. The summed E-state index contributed by atoms with van der Waals surface area (Å²) in [4.78, 5) is 16.2. The summed E-state index contributed by atoms with van der Waals surface area (Å²) in [6, 6.07) is 10.9.